The summed E-state index contributed by atoms with van der Waals surface area (Å²) in [5.74, 6) is 1.09. The van der Waals surface area contributed by atoms with Crippen molar-refractivity contribution < 1.29 is 13.9 Å². The topological polar surface area (TPSA) is 96.4 Å². The number of carbonyl (C=O) groups is 1. The Bertz CT molecular complexity index is 1500. The lowest BCUT2D eigenvalue weighted by atomic mass is 10.2. The van der Waals surface area contributed by atoms with E-state index < -0.39 is 5.95 Å². The molecule has 0 spiro atoms. The van der Waals surface area contributed by atoms with Crippen molar-refractivity contribution >= 4 is 45.9 Å². The van der Waals surface area contributed by atoms with Gasteiger partial charge >= 0.3 is 0 Å². The molecule has 4 heterocycles. The molecule has 0 radical (unpaired) electrons. The number of ether oxygens (including phenoxy) is 1. The normalized spacial score (nSPS) is 14.9. The van der Waals surface area contributed by atoms with E-state index in [4.69, 9.17) is 21.3 Å². The summed E-state index contributed by atoms with van der Waals surface area (Å²) in [5.41, 5.74) is 2.42. The monoisotopic (exact) mass is 533 g/mol. The van der Waals surface area contributed by atoms with E-state index in [1.54, 1.807) is 35.2 Å². The van der Waals surface area contributed by atoms with Crippen molar-refractivity contribution in [3.63, 3.8) is 0 Å². The Morgan fingerprint density at radius 1 is 1.26 bits per heavy atom. The van der Waals surface area contributed by atoms with Gasteiger partial charge in [0.25, 0.3) is 0 Å². The average molecular weight is 534 g/mol. The highest BCUT2D eigenvalue weighted by molar-refractivity contribution is 6.32. The van der Waals surface area contributed by atoms with Gasteiger partial charge in [-0.1, -0.05) is 24.2 Å². The third-order valence-electron chi connectivity index (χ3n) is 6.37. The molecule has 194 valence electrons. The van der Waals surface area contributed by atoms with Gasteiger partial charge in [-0.15, -0.1) is 0 Å². The fourth-order valence-electron chi connectivity index (χ4n) is 4.31. The molecule has 1 fully saturated rings. The van der Waals surface area contributed by atoms with E-state index in [-0.39, 0.29) is 18.6 Å². The second kappa shape index (κ2) is 11.0. The minimum Gasteiger partial charge on any atom is -0.486 e. The first-order chi connectivity index (χ1) is 18.4. The molecular formula is C27H25ClFN7O2. The molecule has 38 heavy (non-hydrogen) atoms. The maximum Gasteiger partial charge on any atom is 0.246 e. The summed E-state index contributed by atoms with van der Waals surface area (Å²) in [6.07, 6.45) is 3.66. The van der Waals surface area contributed by atoms with Crippen LogP contribution in [0.25, 0.3) is 11.0 Å². The second-order valence-corrected chi connectivity index (χ2v) is 9.22. The number of rotatable bonds is 8. The van der Waals surface area contributed by atoms with Crippen LogP contribution in [0, 0.1) is 5.95 Å². The second-order valence-electron chi connectivity index (χ2n) is 8.81. The van der Waals surface area contributed by atoms with E-state index in [2.05, 4.69) is 31.7 Å². The molecule has 0 unspecified atom stereocenters. The maximum atomic E-state index is 13.3. The van der Waals surface area contributed by atoms with Gasteiger partial charge in [0.05, 0.1) is 16.2 Å². The SMILES string of the molecule is C=CC(=O)N1CC[C@H](N(C)c2ccc3ncnc(Nc4ccc(OCc5cccc(F)n5)c(Cl)c4)c3n2)C1. The third kappa shape index (κ3) is 5.50. The molecule has 0 bridgehead atoms. The van der Waals surface area contributed by atoms with Gasteiger partial charge in [0.15, 0.2) is 5.82 Å². The fraction of sp³-hybridized carbons (Fsp3) is 0.222. The van der Waals surface area contributed by atoms with Gasteiger partial charge in [-0.25, -0.2) is 19.9 Å². The van der Waals surface area contributed by atoms with E-state index in [0.717, 1.165) is 12.2 Å². The summed E-state index contributed by atoms with van der Waals surface area (Å²) in [6, 6.07) is 13.7. The molecule has 1 aromatic carbocycles. The van der Waals surface area contributed by atoms with E-state index in [9.17, 15) is 9.18 Å². The summed E-state index contributed by atoms with van der Waals surface area (Å²) in [4.78, 5) is 33.2. The van der Waals surface area contributed by atoms with Crippen LogP contribution < -0.4 is 15.0 Å². The largest absolute Gasteiger partial charge is 0.486 e. The number of anilines is 3. The lowest BCUT2D eigenvalue weighted by molar-refractivity contribution is -0.125. The van der Waals surface area contributed by atoms with E-state index in [1.807, 2.05) is 19.2 Å². The molecule has 11 heteroatoms. The van der Waals surface area contributed by atoms with Crippen LogP contribution in [-0.4, -0.2) is 56.9 Å². The summed E-state index contributed by atoms with van der Waals surface area (Å²) in [5, 5.41) is 3.64. The molecule has 0 aliphatic carbocycles. The van der Waals surface area contributed by atoms with Crippen molar-refractivity contribution in [2.45, 2.75) is 19.1 Å². The summed E-state index contributed by atoms with van der Waals surface area (Å²) in [6.45, 7) is 4.96. The van der Waals surface area contributed by atoms with Crippen molar-refractivity contribution in [2.24, 2.45) is 0 Å². The molecule has 1 aliphatic rings. The lowest BCUT2D eigenvalue weighted by Gasteiger charge is -2.26. The Morgan fingerprint density at radius 3 is 2.92 bits per heavy atom. The van der Waals surface area contributed by atoms with Gasteiger partial charge in [-0.2, -0.15) is 4.39 Å². The molecule has 9 nitrogen and oxygen atoms in total. The Labute approximate surface area is 224 Å². The molecule has 1 aliphatic heterocycles. The minimum absolute atomic E-state index is 0.0621. The number of hydrogen-bond acceptors (Lipinski definition) is 8. The van der Waals surface area contributed by atoms with Crippen LogP contribution in [0.2, 0.25) is 5.02 Å². The number of fused-ring (bicyclic) bond motifs is 1. The zero-order chi connectivity index (χ0) is 26.6. The van der Waals surface area contributed by atoms with Gasteiger partial charge in [0, 0.05) is 31.9 Å². The van der Waals surface area contributed by atoms with Crippen molar-refractivity contribution in [1.29, 1.82) is 0 Å². The molecule has 1 N–H and O–H groups in total. The first-order valence-corrected chi connectivity index (χ1v) is 12.4. The molecule has 5 rings (SSSR count). The number of aromatic nitrogens is 4. The predicted octanol–water partition coefficient (Wildman–Crippen LogP) is 4.76. The average Bonchev–Trinajstić information content (AvgIpc) is 3.42. The number of benzene rings is 1. The highest BCUT2D eigenvalue weighted by Gasteiger charge is 2.28. The number of halogens is 2. The highest BCUT2D eigenvalue weighted by atomic mass is 35.5. The van der Waals surface area contributed by atoms with Gasteiger partial charge in [-0.05, 0) is 55.0 Å². The molecule has 1 saturated heterocycles. The van der Waals surface area contributed by atoms with Crippen LogP contribution in [0.3, 0.4) is 0 Å². The zero-order valence-electron chi connectivity index (χ0n) is 20.6. The first-order valence-electron chi connectivity index (χ1n) is 12.0. The summed E-state index contributed by atoms with van der Waals surface area (Å²) >= 11 is 6.45. The van der Waals surface area contributed by atoms with Crippen LogP contribution in [0.15, 0.2) is 67.5 Å². The zero-order valence-corrected chi connectivity index (χ0v) is 21.4. The standard InChI is InChI=1S/C27H25ClFN7O2/c1-3-25(37)36-12-11-19(14-36)35(2)24-10-8-21-26(34-24)27(31-16-30-21)33-17-7-9-22(20(28)13-17)38-15-18-5-4-6-23(29)32-18/h3-10,13,16,19H,1,11-12,14-15H2,2H3,(H,30,31,33)/t19-/m0/s1. The van der Waals surface area contributed by atoms with Gasteiger partial charge in [-0.3, -0.25) is 4.79 Å². The van der Waals surface area contributed by atoms with Crippen molar-refractivity contribution in [3.05, 3.63) is 84.2 Å². The van der Waals surface area contributed by atoms with Crippen LogP contribution in [-0.2, 0) is 11.4 Å². The Kier molecular flexibility index (Phi) is 7.32. The van der Waals surface area contributed by atoms with Gasteiger partial charge < -0.3 is 19.9 Å². The number of amides is 1. The molecule has 1 atom stereocenters. The number of pyridine rings is 2. The molecule has 3 aromatic heterocycles. The van der Waals surface area contributed by atoms with E-state index >= 15 is 0 Å². The van der Waals surface area contributed by atoms with Crippen LogP contribution in [0.1, 0.15) is 12.1 Å². The third-order valence-corrected chi connectivity index (χ3v) is 6.66. The van der Waals surface area contributed by atoms with Crippen LogP contribution in [0.5, 0.6) is 5.75 Å². The van der Waals surface area contributed by atoms with Gasteiger partial charge in [0.1, 0.15) is 30.0 Å². The quantitative estimate of drug-likeness (QED) is 0.256. The van der Waals surface area contributed by atoms with Gasteiger partial charge in [0.2, 0.25) is 11.9 Å². The number of nitrogens with one attached hydrogen (secondary N) is 1. The van der Waals surface area contributed by atoms with Crippen LogP contribution in [0.4, 0.5) is 21.7 Å². The molecular weight excluding hydrogens is 509 g/mol. The number of likely N-dealkylation sites (tertiary alicyclic amines) is 1. The summed E-state index contributed by atoms with van der Waals surface area (Å²) < 4.78 is 19.0. The van der Waals surface area contributed by atoms with Crippen molar-refractivity contribution in [2.75, 3.05) is 30.4 Å². The fourth-order valence-corrected chi connectivity index (χ4v) is 4.54. The van der Waals surface area contributed by atoms with E-state index in [0.29, 0.717) is 52.1 Å². The molecule has 1 amide bonds. The Hall–Kier alpha value is -4.31. The van der Waals surface area contributed by atoms with Crippen molar-refractivity contribution in [3.8, 4) is 5.75 Å². The highest BCUT2D eigenvalue weighted by Crippen LogP contribution is 2.31. The summed E-state index contributed by atoms with van der Waals surface area (Å²) in [7, 11) is 1.97. The number of nitrogens with zero attached hydrogens (tertiary/aromatic N) is 6. The Balaban J connectivity index is 1.32. The lowest BCUT2D eigenvalue weighted by Crippen LogP contribution is -2.36. The number of likely N-dealkylation sites (N-methyl/N-ethyl adjacent to an activating group) is 1. The van der Waals surface area contributed by atoms with Crippen LogP contribution >= 0.6 is 11.6 Å². The predicted molar refractivity (Wildman–Crippen MR) is 144 cm³/mol. The van der Waals surface area contributed by atoms with E-state index in [1.165, 1.54) is 18.5 Å². The maximum absolute atomic E-state index is 13.3. The minimum atomic E-state index is -0.565. The smallest absolute Gasteiger partial charge is 0.246 e. The molecule has 4 aromatic rings. The number of carbonyl (C=O) groups excluding carboxylic acids is 1. The van der Waals surface area contributed by atoms with Crippen molar-refractivity contribution in [1.82, 2.24) is 24.8 Å². The Morgan fingerprint density at radius 2 is 2.13 bits per heavy atom. The molecule has 0 saturated carbocycles. The number of hydrogen-bond donors (Lipinski definition) is 1. The first kappa shape index (κ1) is 25.3.